The topological polar surface area (TPSA) is 82.8 Å². The van der Waals surface area contributed by atoms with Crippen molar-refractivity contribution in [2.75, 3.05) is 0 Å². The maximum atomic E-state index is 5.45. The number of nitrogens with two attached hydrogens (primary N) is 1. The molecule has 15 heavy (non-hydrogen) atoms. The molecule has 2 heterocycles. The van der Waals surface area contributed by atoms with Crippen LogP contribution in [-0.2, 0) is 19.5 Å². The van der Waals surface area contributed by atoms with Crippen molar-refractivity contribution in [2.24, 2.45) is 5.73 Å². The van der Waals surface area contributed by atoms with E-state index in [1.54, 1.807) is 6.33 Å². The number of hydrogen-bond donors (Lipinski definition) is 1. The van der Waals surface area contributed by atoms with Gasteiger partial charge in [0.1, 0.15) is 6.54 Å². The van der Waals surface area contributed by atoms with E-state index in [1.807, 2.05) is 17.7 Å². The zero-order valence-corrected chi connectivity index (χ0v) is 8.55. The Morgan fingerprint density at radius 3 is 3.00 bits per heavy atom. The van der Waals surface area contributed by atoms with Crippen LogP contribution in [-0.4, -0.2) is 19.7 Å². The molecular formula is C9H13N5O. The number of aryl methyl sites for hydroxylation is 1. The highest BCUT2D eigenvalue weighted by Crippen LogP contribution is 2.02. The molecule has 0 saturated carbocycles. The van der Waals surface area contributed by atoms with Gasteiger partial charge in [0.15, 0.2) is 5.82 Å². The van der Waals surface area contributed by atoms with Crippen LogP contribution >= 0.6 is 0 Å². The van der Waals surface area contributed by atoms with Crippen LogP contribution in [0, 0.1) is 0 Å². The van der Waals surface area contributed by atoms with Crippen molar-refractivity contribution in [2.45, 2.75) is 26.4 Å². The minimum absolute atomic E-state index is 0.442. The fourth-order valence-electron chi connectivity index (χ4n) is 1.25. The summed E-state index contributed by atoms with van der Waals surface area (Å²) in [5, 5.41) is 3.81. The first-order valence-electron chi connectivity index (χ1n) is 4.84. The first-order chi connectivity index (χ1) is 7.31. The summed E-state index contributed by atoms with van der Waals surface area (Å²) in [5.41, 5.74) is 6.31. The molecule has 2 aromatic rings. The highest BCUT2D eigenvalue weighted by molar-refractivity contribution is 4.97. The largest absolute Gasteiger partial charge is 0.337 e. The normalized spacial score (nSPS) is 10.8. The minimum Gasteiger partial charge on any atom is -0.337 e. The third-order valence-electron chi connectivity index (χ3n) is 2.04. The first kappa shape index (κ1) is 9.85. The molecule has 0 atom stereocenters. The molecule has 0 saturated heterocycles. The van der Waals surface area contributed by atoms with Gasteiger partial charge in [-0.15, -0.1) is 0 Å². The second kappa shape index (κ2) is 4.22. The maximum absolute atomic E-state index is 5.45. The fraction of sp³-hybridized carbons (Fsp3) is 0.444. The highest BCUT2D eigenvalue weighted by Gasteiger charge is 2.05. The van der Waals surface area contributed by atoms with E-state index < -0.39 is 0 Å². The van der Waals surface area contributed by atoms with Crippen LogP contribution in [0.3, 0.4) is 0 Å². The lowest BCUT2D eigenvalue weighted by atomic mass is 10.5. The molecule has 2 N–H and O–H groups in total. The van der Waals surface area contributed by atoms with Crippen molar-refractivity contribution < 1.29 is 4.52 Å². The average Bonchev–Trinajstić information content (AvgIpc) is 2.87. The lowest BCUT2D eigenvalue weighted by molar-refractivity contribution is 0.366. The fourth-order valence-corrected chi connectivity index (χ4v) is 1.25. The van der Waals surface area contributed by atoms with E-state index in [0.29, 0.717) is 19.0 Å². The molecule has 0 radical (unpaired) electrons. The SMILES string of the molecule is CCc1noc(Cn2cnc(CN)c2)n1. The summed E-state index contributed by atoms with van der Waals surface area (Å²) in [4.78, 5) is 8.31. The zero-order chi connectivity index (χ0) is 10.7. The molecule has 0 aliphatic carbocycles. The Kier molecular flexibility index (Phi) is 2.77. The van der Waals surface area contributed by atoms with Gasteiger partial charge in [0.05, 0.1) is 12.0 Å². The summed E-state index contributed by atoms with van der Waals surface area (Å²) in [7, 11) is 0. The highest BCUT2D eigenvalue weighted by atomic mass is 16.5. The van der Waals surface area contributed by atoms with Gasteiger partial charge in [0.2, 0.25) is 5.89 Å². The Labute approximate surface area is 87.1 Å². The summed E-state index contributed by atoms with van der Waals surface area (Å²) in [6.45, 7) is 2.97. The van der Waals surface area contributed by atoms with E-state index >= 15 is 0 Å². The third kappa shape index (κ3) is 2.21. The summed E-state index contributed by atoms with van der Waals surface area (Å²) in [6.07, 6.45) is 4.36. The quantitative estimate of drug-likeness (QED) is 0.781. The van der Waals surface area contributed by atoms with Crippen molar-refractivity contribution in [1.82, 2.24) is 19.7 Å². The number of hydrogen-bond acceptors (Lipinski definition) is 5. The molecule has 2 aromatic heterocycles. The summed E-state index contributed by atoms with van der Waals surface area (Å²) in [6, 6.07) is 0. The molecule has 2 rings (SSSR count). The number of nitrogens with zero attached hydrogens (tertiary/aromatic N) is 4. The molecule has 0 aliphatic heterocycles. The average molecular weight is 207 g/mol. The van der Waals surface area contributed by atoms with Crippen molar-refractivity contribution in [3.8, 4) is 0 Å². The Hall–Kier alpha value is -1.69. The molecular weight excluding hydrogens is 194 g/mol. The van der Waals surface area contributed by atoms with E-state index in [1.165, 1.54) is 0 Å². The summed E-state index contributed by atoms with van der Waals surface area (Å²) < 4.78 is 6.93. The van der Waals surface area contributed by atoms with Gasteiger partial charge in [-0.1, -0.05) is 12.1 Å². The van der Waals surface area contributed by atoms with Crippen LogP contribution in [0.5, 0.6) is 0 Å². The van der Waals surface area contributed by atoms with Crippen molar-refractivity contribution in [3.63, 3.8) is 0 Å². The van der Waals surface area contributed by atoms with E-state index in [-0.39, 0.29) is 0 Å². The predicted octanol–water partition coefficient (Wildman–Crippen LogP) is 0.335. The minimum atomic E-state index is 0.442. The van der Waals surface area contributed by atoms with Crippen molar-refractivity contribution in [1.29, 1.82) is 0 Å². The van der Waals surface area contributed by atoms with E-state index in [4.69, 9.17) is 10.3 Å². The Morgan fingerprint density at radius 2 is 2.40 bits per heavy atom. The lowest BCUT2D eigenvalue weighted by Gasteiger charge is -1.94. The van der Waals surface area contributed by atoms with Crippen LogP contribution in [0.15, 0.2) is 17.0 Å². The first-order valence-corrected chi connectivity index (χ1v) is 4.84. The molecule has 6 heteroatoms. The van der Waals surface area contributed by atoms with Crippen LogP contribution < -0.4 is 5.73 Å². The van der Waals surface area contributed by atoms with Gasteiger partial charge in [-0.2, -0.15) is 4.98 Å². The molecule has 0 bridgehead atoms. The summed E-state index contributed by atoms with van der Waals surface area (Å²) in [5.74, 6) is 1.32. The van der Waals surface area contributed by atoms with E-state index in [9.17, 15) is 0 Å². The number of aromatic nitrogens is 4. The van der Waals surface area contributed by atoms with Crippen LogP contribution in [0.4, 0.5) is 0 Å². The van der Waals surface area contributed by atoms with Gasteiger partial charge in [0, 0.05) is 19.2 Å². The smallest absolute Gasteiger partial charge is 0.246 e. The molecule has 0 fully saturated rings. The Balaban J connectivity index is 2.07. The molecule has 6 nitrogen and oxygen atoms in total. The Morgan fingerprint density at radius 1 is 1.53 bits per heavy atom. The number of rotatable bonds is 4. The van der Waals surface area contributed by atoms with Gasteiger partial charge >= 0.3 is 0 Å². The zero-order valence-electron chi connectivity index (χ0n) is 8.55. The third-order valence-corrected chi connectivity index (χ3v) is 2.04. The van der Waals surface area contributed by atoms with Crippen LogP contribution in [0.1, 0.15) is 24.3 Å². The molecule has 0 aliphatic rings. The van der Waals surface area contributed by atoms with Crippen molar-refractivity contribution in [3.05, 3.63) is 29.9 Å². The standard InChI is InChI=1S/C9H13N5O/c1-2-8-12-9(15-13-8)5-14-4-7(3-10)11-6-14/h4,6H,2-3,5,10H2,1H3. The maximum Gasteiger partial charge on any atom is 0.246 e. The summed E-state index contributed by atoms with van der Waals surface area (Å²) >= 11 is 0. The van der Waals surface area contributed by atoms with Gasteiger partial charge < -0.3 is 14.8 Å². The molecule has 80 valence electrons. The lowest BCUT2D eigenvalue weighted by Crippen LogP contribution is -1.98. The van der Waals surface area contributed by atoms with E-state index in [0.717, 1.165) is 17.9 Å². The second-order valence-electron chi connectivity index (χ2n) is 3.20. The molecule has 0 spiro atoms. The molecule has 0 aromatic carbocycles. The van der Waals surface area contributed by atoms with Gasteiger partial charge in [-0.05, 0) is 0 Å². The molecule has 0 unspecified atom stereocenters. The Bertz CT molecular complexity index is 393. The van der Waals surface area contributed by atoms with Gasteiger partial charge in [-0.3, -0.25) is 0 Å². The van der Waals surface area contributed by atoms with Gasteiger partial charge in [-0.25, -0.2) is 4.98 Å². The van der Waals surface area contributed by atoms with Crippen LogP contribution in [0.25, 0.3) is 0 Å². The number of imidazole rings is 1. The van der Waals surface area contributed by atoms with Crippen LogP contribution in [0.2, 0.25) is 0 Å². The van der Waals surface area contributed by atoms with Crippen molar-refractivity contribution >= 4 is 0 Å². The van der Waals surface area contributed by atoms with Gasteiger partial charge in [0.25, 0.3) is 0 Å². The molecule has 0 amide bonds. The predicted molar refractivity (Wildman–Crippen MR) is 52.9 cm³/mol. The van der Waals surface area contributed by atoms with E-state index in [2.05, 4.69) is 15.1 Å². The monoisotopic (exact) mass is 207 g/mol. The second-order valence-corrected chi connectivity index (χ2v) is 3.20.